The Labute approximate surface area is 114 Å². The molecule has 0 aliphatic carbocycles. The molecule has 0 radical (unpaired) electrons. The highest BCUT2D eigenvalue weighted by atomic mass is 16.5. The summed E-state index contributed by atoms with van der Waals surface area (Å²) >= 11 is 0. The van der Waals surface area contributed by atoms with Gasteiger partial charge in [-0.25, -0.2) is 4.79 Å². The van der Waals surface area contributed by atoms with Gasteiger partial charge < -0.3 is 14.6 Å². The molecule has 0 saturated heterocycles. The molecule has 1 aromatic carbocycles. The highest BCUT2D eigenvalue weighted by Crippen LogP contribution is 2.32. The van der Waals surface area contributed by atoms with Crippen LogP contribution in [0.25, 0.3) is 5.69 Å². The number of carboxylic acids is 1. The summed E-state index contributed by atoms with van der Waals surface area (Å²) in [5.41, 5.74) is 0.0657. The number of aromatic carboxylic acids is 1. The van der Waals surface area contributed by atoms with Gasteiger partial charge in [-0.2, -0.15) is 0 Å². The fraction of sp³-hybridized carbons (Fsp3) is 0.143. The molecular weight excluding hydrogens is 262 g/mol. The number of ether oxygens (including phenoxy) is 2. The molecule has 0 aliphatic rings. The van der Waals surface area contributed by atoms with Crippen molar-refractivity contribution in [2.45, 2.75) is 0 Å². The van der Waals surface area contributed by atoms with Gasteiger partial charge in [0.2, 0.25) is 0 Å². The quantitative estimate of drug-likeness (QED) is 0.916. The van der Waals surface area contributed by atoms with Crippen molar-refractivity contribution in [3.05, 3.63) is 52.4 Å². The number of nitrogens with zero attached hydrogens (tertiary/aromatic N) is 1. The third-order valence-electron chi connectivity index (χ3n) is 2.80. The zero-order valence-electron chi connectivity index (χ0n) is 11.0. The Bertz CT molecular complexity index is 705. The zero-order valence-corrected chi connectivity index (χ0v) is 11.0. The Balaban J connectivity index is 2.71. The first-order valence-electron chi connectivity index (χ1n) is 5.76. The largest absolute Gasteiger partial charge is 0.493 e. The number of methoxy groups -OCH3 is 2. The second kappa shape index (κ2) is 5.48. The van der Waals surface area contributed by atoms with Gasteiger partial charge in [0, 0.05) is 12.3 Å². The van der Waals surface area contributed by atoms with Gasteiger partial charge in [-0.1, -0.05) is 6.07 Å². The standard InChI is InChI=1S/C14H13NO5/c1-19-11-5-3-4-10(13(11)20-2)15-8-9(14(17)18)6-7-12(15)16/h3-8H,1-2H3,(H,17,18). The number of pyridine rings is 1. The maximum Gasteiger partial charge on any atom is 0.337 e. The lowest BCUT2D eigenvalue weighted by molar-refractivity contribution is 0.0696. The molecule has 0 amide bonds. The van der Waals surface area contributed by atoms with Crippen molar-refractivity contribution in [3.8, 4) is 17.2 Å². The van der Waals surface area contributed by atoms with Gasteiger partial charge in [0.05, 0.1) is 25.5 Å². The number of carboxylic acid groups (broad SMARTS) is 1. The summed E-state index contributed by atoms with van der Waals surface area (Å²) < 4.78 is 11.6. The minimum atomic E-state index is -1.11. The lowest BCUT2D eigenvalue weighted by atomic mass is 10.2. The second-order valence-corrected chi connectivity index (χ2v) is 3.94. The molecule has 20 heavy (non-hydrogen) atoms. The molecule has 0 atom stereocenters. The van der Waals surface area contributed by atoms with E-state index in [1.807, 2.05) is 0 Å². The fourth-order valence-electron chi connectivity index (χ4n) is 1.86. The normalized spacial score (nSPS) is 10.1. The Morgan fingerprint density at radius 2 is 1.90 bits per heavy atom. The number of hydrogen-bond acceptors (Lipinski definition) is 4. The van der Waals surface area contributed by atoms with Crippen LogP contribution in [0.3, 0.4) is 0 Å². The van der Waals surface area contributed by atoms with Crippen LogP contribution in [0.2, 0.25) is 0 Å². The lowest BCUT2D eigenvalue weighted by Crippen LogP contribution is -2.19. The third kappa shape index (κ3) is 2.35. The van der Waals surface area contributed by atoms with Crippen molar-refractivity contribution in [1.82, 2.24) is 4.57 Å². The number of aromatic nitrogens is 1. The highest BCUT2D eigenvalue weighted by molar-refractivity contribution is 5.87. The van der Waals surface area contributed by atoms with Crippen LogP contribution in [0.1, 0.15) is 10.4 Å². The van der Waals surface area contributed by atoms with E-state index in [4.69, 9.17) is 14.6 Å². The summed E-state index contributed by atoms with van der Waals surface area (Å²) in [6.45, 7) is 0. The number of para-hydroxylation sites is 1. The first kappa shape index (κ1) is 13.7. The van der Waals surface area contributed by atoms with E-state index in [0.717, 1.165) is 0 Å². The summed E-state index contributed by atoms with van der Waals surface area (Å²) in [5, 5.41) is 9.00. The third-order valence-corrected chi connectivity index (χ3v) is 2.80. The van der Waals surface area contributed by atoms with Crippen molar-refractivity contribution in [2.24, 2.45) is 0 Å². The molecule has 6 nitrogen and oxygen atoms in total. The maximum absolute atomic E-state index is 11.9. The van der Waals surface area contributed by atoms with Crippen molar-refractivity contribution in [2.75, 3.05) is 14.2 Å². The summed E-state index contributed by atoms with van der Waals surface area (Å²) in [4.78, 5) is 22.9. The molecular formula is C14H13NO5. The van der Waals surface area contributed by atoms with Crippen LogP contribution in [0.5, 0.6) is 11.5 Å². The van der Waals surface area contributed by atoms with Gasteiger partial charge in [0.15, 0.2) is 11.5 Å². The average molecular weight is 275 g/mol. The zero-order chi connectivity index (χ0) is 14.7. The number of hydrogen-bond donors (Lipinski definition) is 1. The molecule has 104 valence electrons. The van der Waals surface area contributed by atoms with Gasteiger partial charge >= 0.3 is 5.97 Å². The van der Waals surface area contributed by atoms with E-state index < -0.39 is 5.97 Å². The van der Waals surface area contributed by atoms with E-state index in [2.05, 4.69) is 0 Å². The van der Waals surface area contributed by atoms with Crippen LogP contribution in [-0.2, 0) is 0 Å². The van der Waals surface area contributed by atoms with E-state index in [0.29, 0.717) is 17.2 Å². The van der Waals surface area contributed by atoms with Gasteiger partial charge in [0.25, 0.3) is 5.56 Å². The molecule has 0 bridgehead atoms. The van der Waals surface area contributed by atoms with E-state index in [1.54, 1.807) is 18.2 Å². The predicted octanol–water partition coefficient (Wildman–Crippen LogP) is 1.55. The topological polar surface area (TPSA) is 77.8 Å². The van der Waals surface area contributed by atoms with Crippen molar-refractivity contribution < 1.29 is 19.4 Å². The number of carbonyl (C=O) groups is 1. The van der Waals surface area contributed by atoms with Crippen molar-refractivity contribution in [1.29, 1.82) is 0 Å². The van der Waals surface area contributed by atoms with Crippen LogP contribution in [-0.4, -0.2) is 29.9 Å². The molecule has 1 heterocycles. The number of rotatable bonds is 4. The summed E-state index contributed by atoms with van der Waals surface area (Å²) in [5.74, 6) is -0.294. The highest BCUT2D eigenvalue weighted by Gasteiger charge is 2.14. The van der Waals surface area contributed by atoms with Crippen LogP contribution in [0.15, 0.2) is 41.3 Å². The molecule has 2 aromatic rings. The second-order valence-electron chi connectivity index (χ2n) is 3.94. The molecule has 0 fully saturated rings. The van der Waals surface area contributed by atoms with Crippen LogP contribution < -0.4 is 15.0 Å². The average Bonchev–Trinajstić information content (AvgIpc) is 2.46. The van der Waals surface area contributed by atoms with Gasteiger partial charge in [0.1, 0.15) is 0 Å². The van der Waals surface area contributed by atoms with Gasteiger partial charge in [-0.3, -0.25) is 9.36 Å². The molecule has 0 spiro atoms. The van der Waals surface area contributed by atoms with Gasteiger partial charge in [-0.05, 0) is 18.2 Å². The van der Waals surface area contributed by atoms with E-state index in [1.165, 1.54) is 37.1 Å². The Hall–Kier alpha value is -2.76. The monoisotopic (exact) mass is 275 g/mol. The van der Waals surface area contributed by atoms with Crippen LogP contribution in [0.4, 0.5) is 0 Å². The molecule has 1 N–H and O–H groups in total. The van der Waals surface area contributed by atoms with E-state index in [9.17, 15) is 9.59 Å². The number of benzene rings is 1. The van der Waals surface area contributed by atoms with Crippen molar-refractivity contribution >= 4 is 5.97 Å². The maximum atomic E-state index is 11.9. The van der Waals surface area contributed by atoms with Crippen LogP contribution >= 0.6 is 0 Å². The first-order chi connectivity index (χ1) is 9.58. The molecule has 0 aliphatic heterocycles. The summed E-state index contributed by atoms with van der Waals surface area (Å²) in [6.07, 6.45) is 1.25. The lowest BCUT2D eigenvalue weighted by Gasteiger charge is -2.14. The van der Waals surface area contributed by atoms with E-state index in [-0.39, 0.29) is 11.1 Å². The molecule has 6 heteroatoms. The van der Waals surface area contributed by atoms with Crippen molar-refractivity contribution in [3.63, 3.8) is 0 Å². The van der Waals surface area contributed by atoms with E-state index >= 15 is 0 Å². The summed E-state index contributed by atoms with van der Waals surface area (Å²) in [7, 11) is 2.94. The van der Waals surface area contributed by atoms with Crippen LogP contribution in [0, 0.1) is 0 Å². The molecule has 0 unspecified atom stereocenters. The minimum absolute atomic E-state index is 0.00877. The SMILES string of the molecule is COc1cccc(-n2cc(C(=O)O)ccc2=O)c1OC. The molecule has 2 rings (SSSR count). The molecule has 0 saturated carbocycles. The minimum Gasteiger partial charge on any atom is -0.493 e. The Kier molecular flexibility index (Phi) is 3.74. The Morgan fingerprint density at radius 1 is 1.15 bits per heavy atom. The first-order valence-corrected chi connectivity index (χ1v) is 5.76. The summed E-state index contributed by atoms with van der Waals surface area (Å²) in [6, 6.07) is 7.48. The Morgan fingerprint density at radius 3 is 2.50 bits per heavy atom. The molecule has 1 aromatic heterocycles. The predicted molar refractivity (Wildman–Crippen MR) is 72.1 cm³/mol. The van der Waals surface area contributed by atoms with Gasteiger partial charge in [-0.15, -0.1) is 0 Å². The fourth-order valence-corrected chi connectivity index (χ4v) is 1.86. The smallest absolute Gasteiger partial charge is 0.337 e.